The maximum atomic E-state index is 12.5. The topological polar surface area (TPSA) is 38.3 Å². The maximum absolute atomic E-state index is 12.5. The third-order valence-electron chi connectivity index (χ3n) is 4.07. The zero-order valence-corrected chi connectivity index (χ0v) is 14.0. The van der Waals surface area contributed by atoms with Gasteiger partial charge in [-0.15, -0.1) is 0 Å². The van der Waals surface area contributed by atoms with Crippen molar-refractivity contribution in [1.82, 2.24) is 0 Å². The van der Waals surface area contributed by atoms with E-state index in [1.54, 1.807) is 0 Å². The van der Waals surface area contributed by atoms with E-state index >= 15 is 0 Å². The van der Waals surface area contributed by atoms with Crippen molar-refractivity contribution in [3.05, 3.63) is 72.3 Å². The van der Waals surface area contributed by atoms with Crippen LogP contribution >= 0.6 is 0 Å². The number of hydrogen-bond acceptors (Lipinski definition) is 2. The fourth-order valence-corrected chi connectivity index (χ4v) is 2.65. The van der Waals surface area contributed by atoms with E-state index in [1.807, 2.05) is 74.5 Å². The lowest BCUT2D eigenvalue weighted by Crippen LogP contribution is -2.32. The zero-order valence-electron chi connectivity index (χ0n) is 14.0. The summed E-state index contributed by atoms with van der Waals surface area (Å²) in [5.41, 5.74) is 1.86. The van der Waals surface area contributed by atoms with Crippen molar-refractivity contribution >= 4 is 22.4 Å². The molecule has 122 valence electrons. The van der Waals surface area contributed by atoms with Crippen molar-refractivity contribution in [2.45, 2.75) is 26.4 Å². The van der Waals surface area contributed by atoms with Crippen LogP contribution in [-0.4, -0.2) is 12.0 Å². The first kappa shape index (κ1) is 16.1. The van der Waals surface area contributed by atoms with Gasteiger partial charge < -0.3 is 10.1 Å². The highest BCUT2D eigenvalue weighted by atomic mass is 16.5. The molecular weight excluding hydrogens is 298 g/mol. The molecule has 0 aliphatic carbocycles. The number of para-hydroxylation sites is 1. The van der Waals surface area contributed by atoms with Gasteiger partial charge in [0.05, 0.1) is 0 Å². The number of carbonyl (C=O) groups excluding carboxylic acids is 1. The Hall–Kier alpha value is -2.81. The molecule has 0 aliphatic rings. The largest absolute Gasteiger partial charge is 0.481 e. The minimum Gasteiger partial charge on any atom is -0.481 e. The Balaban J connectivity index is 1.75. The van der Waals surface area contributed by atoms with E-state index in [4.69, 9.17) is 4.74 Å². The van der Waals surface area contributed by atoms with Crippen molar-refractivity contribution in [3.63, 3.8) is 0 Å². The highest BCUT2D eigenvalue weighted by Gasteiger charge is 2.19. The normalized spacial score (nSPS) is 11.9. The predicted octanol–water partition coefficient (Wildman–Crippen LogP) is 4.94. The molecule has 1 amide bonds. The Labute approximate surface area is 142 Å². The lowest BCUT2D eigenvalue weighted by atomic mass is 10.1. The van der Waals surface area contributed by atoms with Crippen LogP contribution in [0.5, 0.6) is 5.75 Å². The summed E-state index contributed by atoms with van der Waals surface area (Å²) in [6.07, 6.45) is 0.0793. The summed E-state index contributed by atoms with van der Waals surface area (Å²) in [5.74, 6) is 0.584. The number of nitrogens with one attached hydrogen (secondary N) is 1. The molecule has 3 heteroatoms. The maximum Gasteiger partial charge on any atom is 0.265 e. The van der Waals surface area contributed by atoms with Gasteiger partial charge >= 0.3 is 0 Å². The summed E-state index contributed by atoms with van der Waals surface area (Å²) in [5, 5.41) is 5.21. The van der Waals surface area contributed by atoms with Gasteiger partial charge in [0.25, 0.3) is 5.91 Å². The molecule has 1 atom stereocenters. The molecule has 0 fully saturated rings. The molecule has 3 nitrogen and oxygen atoms in total. The number of anilines is 1. The van der Waals surface area contributed by atoms with Gasteiger partial charge in [-0.05, 0) is 47.9 Å². The van der Waals surface area contributed by atoms with Gasteiger partial charge in [0, 0.05) is 5.69 Å². The molecule has 0 aromatic heterocycles. The minimum absolute atomic E-state index is 0.125. The average molecular weight is 319 g/mol. The van der Waals surface area contributed by atoms with Crippen LogP contribution in [0.1, 0.15) is 18.9 Å². The van der Waals surface area contributed by atoms with Crippen LogP contribution in [0.4, 0.5) is 5.69 Å². The number of rotatable bonds is 5. The number of ether oxygens (including phenoxy) is 1. The second-order valence-electron chi connectivity index (χ2n) is 5.83. The fraction of sp³-hybridized carbons (Fsp3) is 0.190. The molecule has 3 aromatic carbocycles. The Morgan fingerprint density at radius 1 is 1.00 bits per heavy atom. The van der Waals surface area contributed by atoms with E-state index in [-0.39, 0.29) is 5.91 Å². The van der Waals surface area contributed by atoms with Crippen molar-refractivity contribution in [2.75, 3.05) is 5.32 Å². The molecule has 24 heavy (non-hydrogen) atoms. The molecule has 0 heterocycles. The summed E-state index contributed by atoms with van der Waals surface area (Å²) < 4.78 is 5.93. The Morgan fingerprint density at radius 2 is 1.71 bits per heavy atom. The lowest BCUT2D eigenvalue weighted by Gasteiger charge is -2.18. The van der Waals surface area contributed by atoms with Gasteiger partial charge in [-0.1, -0.05) is 55.5 Å². The van der Waals surface area contributed by atoms with E-state index in [9.17, 15) is 4.79 Å². The van der Waals surface area contributed by atoms with Gasteiger partial charge in [0.1, 0.15) is 5.75 Å². The van der Waals surface area contributed by atoms with E-state index < -0.39 is 6.10 Å². The number of carbonyl (C=O) groups is 1. The summed E-state index contributed by atoms with van der Waals surface area (Å²) >= 11 is 0. The third kappa shape index (κ3) is 3.57. The average Bonchev–Trinajstić information content (AvgIpc) is 2.61. The molecule has 0 bridgehead atoms. The van der Waals surface area contributed by atoms with Crippen LogP contribution in [0.15, 0.2) is 66.7 Å². The zero-order chi connectivity index (χ0) is 16.9. The SMILES string of the molecule is CCC(Oc1ccc2ccccc2c1)C(=O)Nc1ccccc1C. The molecule has 1 N–H and O–H groups in total. The van der Waals surface area contributed by atoms with Crippen molar-refractivity contribution < 1.29 is 9.53 Å². The monoisotopic (exact) mass is 319 g/mol. The Morgan fingerprint density at radius 3 is 2.46 bits per heavy atom. The van der Waals surface area contributed by atoms with Crippen LogP contribution in [0.3, 0.4) is 0 Å². The molecule has 0 saturated heterocycles. The third-order valence-corrected chi connectivity index (χ3v) is 4.07. The van der Waals surface area contributed by atoms with Crippen LogP contribution in [0.25, 0.3) is 10.8 Å². The molecule has 3 rings (SSSR count). The van der Waals surface area contributed by atoms with Gasteiger partial charge in [-0.25, -0.2) is 0 Å². The number of fused-ring (bicyclic) bond motifs is 1. The minimum atomic E-state index is -0.522. The van der Waals surface area contributed by atoms with Gasteiger partial charge in [0.15, 0.2) is 6.10 Å². The highest BCUT2D eigenvalue weighted by molar-refractivity contribution is 5.95. The highest BCUT2D eigenvalue weighted by Crippen LogP contribution is 2.22. The second-order valence-corrected chi connectivity index (χ2v) is 5.83. The van der Waals surface area contributed by atoms with E-state index in [2.05, 4.69) is 11.4 Å². The van der Waals surface area contributed by atoms with Crippen molar-refractivity contribution in [2.24, 2.45) is 0 Å². The van der Waals surface area contributed by atoms with E-state index in [0.717, 1.165) is 22.0 Å². The standard InChI is InChI=1S/C21H21NO2/c1-3-20(21(23)22-19-11-7-4-8-15(19)2)24-18-13-12-16-9-5-6-10-17(16)14-18/h4-14,20H,3H2,1-2H3,(H,22,23). The Kier molecular flexibility index (Phi) is 4.80. The fourth-order valence-electron chi connectivity index (χ4n) is 2.65. The quantitative estimate of drug-likeness (QED) is 0.723. The van der Waals surface area contributed by atoms with Crippen LogP contribution < -0.4 is 10.1 Å². The first-order valence-electron chi connectivity index (χ1n) is 8.19. The molecule has 0 saturated carbocycles. The lowest BCUT2D eigenvalue weighted by molar-refractivity contribution is -0.122. The van der Waals surface area contributed by atoms with Crippen LogP contribution in [0.2, 0.25) is 0 Å². The molecule has 0 aliphatic heterocycles. The van der Waals surface area contributed by atoms with Gasteiger partial charge in [-0.3, -0.25) is 4.79 Å². The number of benzene rings is 3. The first-order valence-corrected chi connectivity index (χ1v) is 8.19. The molecular formula is C21H21NO2. The first-order chi connectivity index (χ1) is 11.7. The smallest absolute Gasteiger partial charge is 0.265 e. The van der Waals surface area contributed by atoms with E-state index in [1.165, 1.54) is 0 Å². The summed E-state index contributed by atoms with van der Waals surface area (Å²) in [6.45, 7) is 3.92. The summed E-state index contributed by atoms with van der Waals surface area (Å²) in [7, 11) is 0. The van der Waals surface area contributed by atoms with Gasteiger partial charge in [-0.2, -0.15) is 0 Å². The number of hydrogen-bond donors (Lipinski definition) is 1. The molecule has 1 unspecified atom stereocenters. The van der Waals surface area contributed by atoms with Crippen molar-refractivity contribution in [3.8, 4) is 5.75 Å². The summed E-state index contributed by atoms with van der Waals surface area (Å²) in [4.78, 5) is 12.5. The van der Waals surface area contributed by atoms with Crippen LogP contribution in [-0.2, 0) is 4.79 Å². The molecule has 0 spiro atoms. The van der Waals surface area contributed by atoms with E-state index in [0.29, 0.717) is 12.2 Å². The second kappa shape index (κ2) is 7.18. The summed E-state index contributed by atoms with van der Waals surface area (Å²) in [6, 6.07) is 21.7. The number of amides is 1. The Bertz CT molecular complexity index is 857. The van der Waals surface area contributed by atoms with Gasteiger partial charge in [0.2, 0.25) is 0 Å². The van der Waals surface area contributed by atoms with Crippen molar-refractivity contribution in [1.29, 1.82) is 0 Å². The number of aryl methyl sites for hydroxylation is 1. The van der Waals surface area contributed by atoms with Crippen LogP contribution in [0, 0.1) is 6.92 Å². The predicted molar refractivity (Wildman–Crippen MR) is 98.5 cm³/mol. The molecule has 0 radical (unpaired) electrons. The molecule has 3 aromatic rings.